The lowest BCUT2D eigenvalue weighted by Gasteiger charge is -2.18. The standard InChI is InChI=1S/C6H9FN2O/c7-3-6-1-4(6)2-9-5(8)10-6/h4H,1-3H2,(H2,8,9). The van der Waals surface area contributed by atoms with Crippen LogP contribution in [0.15, 0.2) is 4.99 Å². The molecule has 0 spiro atoms. The molecule has 1 saturated carbocycles. The molecule has 1 fully saturated rings. The Bertz CT molecular complexity index is 194. The highest BCUT2D eigenvalue weighted by atomic mass is 19.1. The Labute approximate surface area is 58.1 Å². The summed E-state index contributed by atoms with van der Waals surface area (Å²) in [5.74, 6) is 0.282. The number of aliphatic imine (C=N–C) groups is 1. The van der Waals surface area contributed by atoms with Gasteiger partial charge in [0.15, 0.2) is 0 Å². The number of hydrogen-bond acceptors (Lipinski definition) is 3. The number of rotatable bonds is 1. The first-order valence-corrected chi connectivity index (χ1v) is 3.32. The van der Waals surface area contributed by atoms with E-state index in [9.17, 15) is 4.39 Å². The van der Waals surface area contributed by atoms with Gasteiger partial charge >= 0.3 is 0 Å². The van der Waals surface area contributed by atoms with Crippen molar-refractivity contribution in [2.45, 2.75) is 12.0 Å². The first-order chi connectivity index (χ1) is 4.77. The lowest BCUT2D eigenvalue weighted by Crippen LogP contribution is -2.33. The van der Waals surface area contributed by atoms with E-state index in [1.165, 1.54) is 0 Å². The number of halogens is 1. The Balaban J connectivity index is 2.13. The second kappa shape index (κ2) is 1.62. The fourth-order valence-electron chi connectivity index (χ4n) is 1.35. The van der Waals surface area contributed by atoms with Gasteiger partial charge in [-0.2, -0.15) is 0 Å². The predicted octanol–water partition coefficient (Wildman–Crippen LogP) is 0.0595. The molecule has 1 aliphatic carbocycles. The van der Waals surface area contributed by atoms with Gasteiger partial charge in [0.25, 0.3) is 6.02 Å². The van der Waals surface area contributed by atoms with E-state index < -0.39 is 12.3 Å². The third-order valence-corrected chi connectivity index (χ3v) is 2.18. The van der Waals surface area contributed by atoms with Crippen LogP contribution in [0.25, 0.3) is 0 Å². The van der Waals surface area contributed by atoms with E-state index in [0.29, 0.717) is 6.54 Å². The molecule has 10 heavy (non-hydrogen) atoms. The van der Waals surface area contributed by atoms with Gasteiger partial charge in [0.05, 0.1) is 6.54 Å². The van der Waals surface area contributed by atoms with Crippen LogP contribution in [-0.2, 0) is 4.74 Å². The van der Waals surface area contributed by atoms with Crippen molar-refractivity contribution in [3.05, 3.63) is 0 Å². The fraction of sp³-hybridized carbons (Fsp3) is 0.833. The lowest BCUT2D eigenvalue weighted by atomic mass is 10.2. The van der Waals surface area contributed by atoms with Crippen LogP contribution < -0.4 is 5.73 Å². The number of nitrogens with zero attached hydrogens (tertiary/aromatic N) is 1. The molecule has 56 valence electrons. The van der Waals surface area contributed by atoms with Crippen molar-refractivity contribution in [2.24, 2.45) is 16.6 Å². The highest BCUT2D eigenvalue weighted by molar-refractivity contribution is 5.73. The van der Waals surface area contributed by atoms with Gasteiger partial charge in [0, 0.05) is 5.92 Å². The van der Waals surface area contributed by atoms with E-state index in [0.717, 1.165) is 6.42 Å². The van der Waals surface area contributed by atoms with E-state index in [4.69, 9.17) is 10.5 Å². The zero-order valence-electron chi connectivity index (χ0n) is 5.51. The Hall–Kier alpha value is -0.800. The SMILES string of the molecule is NC1=NCC2CC2(CF)O1. The van der Waals surface area contributed by atoms with Gasteiger partial charge in [0.2, 0.25) is 0 Å². The van der Waals surface area contributed by atoms with E-state index in [1.807, 2.05) is 0 Å². The molecule has 0 aromatic carbocycles. The normalized spacial score (nSPS) is 43.3. The van der Waals surface area contributed by atoms with Crippen LogP contribution in [0, 0.1) is 5.92 Å². The van der Waals surface area contributed by atoms with Crippen LogP contribution in [0.5, 0.6) is 0 Å². The van der Waals surface area contributed by atoms with Gasteiger partial charge in [0.1, 0.15) is 12.3 Å². The van der Waals surface area contributed by atoms with Crippen molar-refractivity contribution in [3.8, 4) is 0 Å². The largest absolute Gasteiger partial charge is 0.456 e. The third kappa shape index (κ3) is 0.616. The molecule has 2 unspecified atom stereocenters. The maximum atomic E-state index is 12.2. The molecule has 1 aliphatic heterocycles. The number of hydrogen-bond donors (Lipinski definition) is 1. The average molecular weight is 144 g/mol. The monoisotopic (exact) mass is 144 g/mol. The molecular formula is C6H9FN2O. The molecule has 2 N–H and O–H groups in total. The number of alkyl halides is 1. The molecule has 0 aromatic heterocycles. The van der Waals surface area contributed by atoms with Gasteiger partial charge < -0.3 is 10.5 Å². The third-order valence-electron chi connectivity index (χ3n) is 2.18. The predicted molar refractivity (Wildman–Crippen MR) is 34.4 cm³/mol. The minimum atomic E-state index is -0.564. The first kappa shape index (κ1) is 5.95. The van der Waals surface area contributed by atoms with Crippen molar-refractivity contribution in [3.63, 3.8) is 0 Å². The second-order valence-corrected chi connectivity index (χ2v) is 2.88. The van der Waals surface area contributed by atoms with Crippen molar-refractivity contribution in [1.29, 1.82) is 0 Å². The number of nitrogens with two attached hydrogens (primary N) is 1. The van der Waals surface area contributed by atoms with E-state index >= 15 is 0 Å². The fourth-order valence-corrected chi connectivity index (χ4v) is 1.35. The van der Waals surface area contributed by atoms with Crippen LogP contribution in [0.4, 0.5) is 4.39 Å². The molecule has 2 atom stereocenters. The van der Waals surface area contributed by atoms with Gasteiger partial charge in [-0.15, -0.1) is 0 Å². The summed E-state index contributed by atoms with van der Waals surface area (Å²) in [6.07, 6.45) is 0.772. The van der Waals surface area contributed by atoms with Crippen LogP contribution in [0.2, 0.25) is 0 Å². The molecule has 0 bridgehead atoms. The van der Waals surface area contributed by atoms with Gasteiger partial charge in [-0.05, 0) is 6.42 Å². The molecule has 0 saturated heterocycles. The maximum Gasteiger partial charge on any atom is 0.282 e. The summed E-state index contributed by atoms with van der Waals surface area (Å²) in [7, 11) is 0. The Morgan fingerprint density at radius 3 is 3.30 bits per heavy atom. The van der Waals surface area contributed by atoms with Crippen molar-refractivity contribution in [2.75, 3.05) is 13.2 Å². The molecule has 2 aliphatic rings. The van der Waals surface area contributed by atoms with E-state index in [1.54, 1.807) is 0 Å². The minimum absolute atomic E-state index is 0.145. The summed E-state index contributed by atoms with van der Waals surface area (Å²) in [6.45, 7) is 0.198. The lowest BCUT2D eigenvalue weighted by molar-refractivity contribution is 0.102. The number of amidine groups is 1. The number of ether oxygens (including phenoxy) is 1. The number of fused-ring (bicyclic) bond motifs is 1. The molecule has 0 amide bonds. The Morgan fingerprint density at radius 1 is 1.90 bits per heavy atom. The maximum absolute atomic E-state index is 12.2. The smallest absolute Gasteiger partial charge is 0.282 e. The van der Waals surface area contributed by atoms with Gasteiger partial charge in [-0.3, -0.25) is 0 Å². The first-order valence-electron chi connectivity index (χ1n) is 3.32. The Kier molecular flexibility index (Phi) is 0.963. The van der Waals surface area contributed by atoms with Crippen LogP contribution >= 0.6 is 0 Å². The van der Waals surface area contributed by atoms with Crippen LogP contribution in [0.3, 0.4) is 0 Å². The highest BCUT2D eigenvalue weighted by Gasteiger charge is 2.59. The second-order valence-electron chi connectivity index (χ2n) is 2.88. The van der Waals surface area contributed by atoms with Gasteiger partial charge in [-0.1, -0.05) is 0 Å². The summed E-state index contributed by atoms with van der Waals surface area (Å²) in [5.41, 5.74) is 4.71. The van der Waals surface area contributed by atoms with Crippen LogP contribution in [-0.4, -0.2) is 24.8 Å². The molecule has 3 nitrogen and oxygen atoms in total. The summed E-state index contributed by atoms with van der Waals surface area (Å²) >= 11 is 0. The molecule has 4 heteroatoms. The minimum Gasteiger partial charge on any atom is -0.456 e. The molecule has 1 heterocycles. The molecule has 0 aromatic rings. The summed E-state index contributed by atoms with van der Waals surface area (Å²) in [6, 6.07) is 0.145. The van der Waals surface area contributed by atoms with Crippen LogP contribution in [0.1, 0.15) is 6.42 Å². The van der Waals surface area contributed by atoms with Crippen molar-refractivity contribution < 1.29 is 9.13 Å². The van der Waals surface area contributed by atoms with Crippen molar-refractivity contribution >= 4 is 6.02 Å². The van der Waals surface area contributed by atoms with Crippen molar-refractivity contribution in [1.82, 2.24) is 0 Å². The van der Waals surface area contributed by atoms with Gasteiger partial charge in [-0.25, -0.2) is 9.38 Å². The van der Waals surface area contributed by atoms with E-state index in [2.05, 4.69) is 4.99 Å². The quantitative estimate of drug-likeness (QED) is 0.565. The summed E-state index contributed by atoms with van der Waals surface area (Å²) in [5, 5.41) is 0. The zero-order valence-corrected chi connectivity index (χ0v) is 5.51. The summed E-state index contributed by atoms with van der Waals surface area (Å²) in [4.78, 5) is 3.85. The Morgan fingerprint density at radius 2 is 2.70 bits per heavy atom. The molecule has 0 radical (unpaired) electrons. The average Bonchev–Trinajstić information content (AvgIpc) is 2.62. The topological polar surface area (TPSA) is 47.6 Å². The highest BCUT2D eigenvalue weighted by Crippen LogP contribution is 2.49. The van der Waals surface area contributed by atoms with E-state index in [-0.39, 0.29) is 11.9 Å². The molecule has 2 rings (SSSR count). The molecular weight excluding hydrogens is 135 g/mol. The zero-order chi connectivity index (χ0) is 7.19. The summed E-state index contributed by atoms with van der Waals surface area (Å²) < 4.78 is 17.3.